The molecule has 2 amide bonds. The maximum atomic E-state index is 12.5. The summed E-state index contributed by atoms with van der Waals surface area (Å²) in [5.41, 5.74) is 6.76. The molecule has 0 spiro atoms. The fourth-order valence-electron chi connectivity index (χ4n) is 5.56. The predicted molar refractivity (Wildman–Crippen MR) is 185 cm³/mol. The highest BCUT2D eigenvalue weighted by molar-refractivity contribution is 5.82. The highest BCUT2D eigenvalue weighted by Crippen LogP contribution is 2.36. The number of aromatic nitrogens is 2. The fourth-order valence-corrected chi connectivity index (χ4v) is 5.56. The minimum absolute atomic E-state index is 0.292. The van der Waals surface area contributed by atoms with Crippen molar-refractivity contribution in [3.8, 4) is 22.9 Å². The number of ether oxygens (including phenoxy) is 2. The molecule has 0 aliphatic carbocycles. The number of rotatable bonds is 6. The summed E-state index contributed by atoms with van der Waals surface area (Å²) in [6, 6.07) is 12.2. The van der Waals surface area contributed by atoms with Gasteiger partial charge in [-0.05, 0) is 101 Å². The molecule has 0 bridgehead atoms. The van der Waals surface area contributed by atoms with Crippen molar-refractivity contribution in [2.45, 2.75) is 65.6 Å². The van der Waals surface area contributed by atoms with Gasteiger partial charge < -0.3 is 34.3 Å². The molecule has 2 aliphatic heterocycles. The average Bonchev–Trinajstić information content (AvgIpc) is 3.52. The van der Waals surface area contributed by atoms with E-state index < -0.39 is 11.2 Å². The molecule has 0 saturated heterocycles. The molecule has 1 aromatic heterocycles. The van der Waals surface area contributed by atoms with Gasteiger partial charge in [0.15, 0.2) is 0 Å². The van der Waals surface area contributed by atoms with E-state index in [0.717, 1.165) is 46.5 Å². The second kappa shape index (κ2) is 13.5. The molecule has 47 heavy (non-hydrogen) atoms. The molecular weight excluding hydrogens is 596 g/mol. The summed E-state index contributed by atoms with van der Waals surface area (Å²) in [6.45, 7) is 13.4. The Morgan fingerprint density at radius 3 is 1.43 bits per heavy atom. The molecule has 3 heterocycles. The Balaban J connectivity index is 1.30. The van der Waals surface area contributed by atoms with Crippen LogP contribution >= 0.6 is 0 Å². The lowest BCUT2D eigenvalue weighted by Crippen LogP contribution is -2.39. The molecule has 0 fully saturated rings. The first-order chi connectivity index (χ1) is 22.2. The Labute approximate surface area is 277 Å². The summed E-state index contributed by atoms with van der Waals surface area (Å²) in [7, 11) is 3.73. The van der Waals surface area contributed by atoms with E-state index in [-0.39, 0.29) is 12.2 Å². The largest absolute Gasteiger partial charge is 0.444 e. The number of nitrogens with zero attached hydrogens (tertiary/aromatic N) is 4. The summed E-state index contributed by atoms with van der Waals surface area (Å²) >= 11 is 0. The zero-order valence-electron chi connectivity index (χ0n) is 28.7. The molecule has 0 atom stereocenters. The van der Waals surface area contributed by atoms with E-state index >= 15 is 0 Å². The minimum atomic E-state index is -0.521. The lowest BCUT2D eigenvalue weighted by molar-refractivity contribution is 0.0260. The summed E-state index contributed by atoms with van der Waals surface area (Å²) in [4.78, 5) is 28.4. The van der Waals surface area contributed by atoms with Crippen molar-refractivity contribution in [2.24, 2.45) is 0 Å². The molecule has 0 radical (unpaired) electrons. The van der Waals surface area contributed by atoms with Crippen LogP contribution in [-0.2, 0) is 9.47 Å². The zero-order valence-corrected chi connectivity index (χ0v) is 28.7. The average molecular weight is 643 g/mol. The monoisotopic (exact) mass is 642 g/mol. The van der Waals surface area contributed by atoms with E-state index in [9.17, 15) is 9.59 Å². The van der Waals surface area contributed by atoms with Gasteiger partial charge in [0.05, 0.1) is 11.1 Å². The minimum Gasteiger partial charge on any atom is -0.444 e. The van der Waals surface area contributed by atoms with E-state index in [0.29, 0.717) is 38.0 Å². The third-order valence-electron chi connectivity index (χ3n) is 7.93. The van der Waals surface area contributed by atoms with Crippen molar-refractivity contribution >= 4 is 34.7 Å². The van der Waals surface area contributed by atoms with Crippen LogP contribution in [0.4, 0.5) is 21.0 Å². The van der Waals surface area contributed by atoms with E-state index in [2.05, 4.69) is 45.1 Å². The van der Waals surface area contributed by atoms with Crippen molar-refractivity contribution in [3.63, 3.8) is 0 Å². The van der Waals surface area contributed by atoms with Crippen LogP contribution in [0.2, 0.25) is 0 Å². The number of amides is 2. The van der Waals surface area contributed by atoms with Gasteiger partial charge in [0.1, 0.15) is 11.2 Å². The lowest BCUT2D eigenvalue weighted by atomic mass is 9.97. The molecule has 2 aromatic carbocycles. The highest BCUT2D eigenvalue weighted by Gasteiger charge is 2.26. The van der Waals surface area contributed by atoms with E-state index in [1.54, 1.807) is 9.80 Å². The third-order valence-corrected chi connectivity index (χ3v) is 7.93. The summed E-state index contributed by atoms with van der Waals surface area (Å²) in [5.74, 6) is 0.820. The summed E-state index contributed by atoms with van der Waals surface area (Å²) in [5, 5.41) is 15.3. The number of carbonyl (C=O) groups is 2. The smallest absolute Gasteiger partial charge is 0.410 e. The number of hydrogen-bond donors (Lipinski definition) is 2. The molecule has 11 heteroatoms. The summed E-state index contributed by atoms with van der Waals surface area (Å²) in [6.07, 6.45) is 5.04. The van der Waals surface area contributed by atoms with Gasteiger partial charge in [-0.15, -0.1) is 10.2 Å². The fraction of sp³-hybridized carbons (Fsp3) is 0.444. The van der Waals surface area contributed by atoms with Crippen LogP contribution in [0.3, 0.4) is 0 Å². The number of anilines is 2. The van der Waals surface area contributed by atoms with E-state index in [1.165, 1.54) is 11.1 Å². The second-order valence-corrected chi connectivity index (χ2v) is 13.7. The molecule has 250 valence electrons. The van der Waals surface area contributed by atoms with Gasteiger partial charge in [-0.1, -0.05) is 24.3 Å². The van der Waals surface area contributed by atoms with Crippen LogP contribution in [0, 0.1) is 0 Å². The first-order valence-electron chi connectivity index (χ1n) is 16.1. The standard InChI is InChI=1S/C36H46N6O5/c1-35(2,3)46-33(43)41-17-13-23(14-18-41)25-9-11-27(29(21-25)37-7)31-39-40-32(45-31)28-12-10-26(22-30(28)38-8)24-15-19-42(20-16-24)34(44)47-36(4,5)6/h9-13,15,21-22,37-38H,14,16-20H2,1-8H3. The number of benzene rings is 2. The molecule has 3 aromatic rings. The molecule has 5 rings (SSSR count). The SMILES string of the molecule is CNc1cc(C2=CCN(C(=O)OC(C)(C)C)CC2)ccc1-c1nnc(-c2ccc(C3=CCN(C(=O)OC(C)(C)C)CC3)cc2NC)o1. The maximum absolute atomic E-state index is 12.5. The number of carbonyl (C=O) groups excluding carboxylic acids is 2. The first-order valence-corrected chi connectivity index (χ1v) is 16.1. The van der Waals surface area contributed by atoms with E-state index in [4.69, 9.17) is 13.9 Å². The second-order valence-electron chi connectivity index (χ2n) is 13.7. The molecule has 0 saturated carbocycles. The van der Waals surface area contributed by atoms with Gasteiger partial charge in [0, 0.05) is 51.6 Å². The summed E-state index contributed by atoms with van der Waals surface area (Å²) < 4.78 is 17.3. The normalized spacial score (nSPS) is 15.5. The predicted octanol–water partition coefficient (Wildman–Crippen LogP) is 7.54. The van der Waals surface area contributed by atoms with Crippen molar-refractivity contribution < 1.29 is 23.5 Å². The Morgan fingerprint density at radius 1 is 0.702 bits per heavy atom. The van der Waals surface area contributed by atoms with Gasteiger partial charge >= 0.3 is 12.2 Å². The number of nitrogens with one attached hydrogen (secondary N) is 2. The van der Waals surface area contributed by atoms with Crippen molar-refractivity contribution in [1.82, 2.24) is 20.0 Å². The highest BCUT2D eigenvalue weighted by atomic mass is 16.6. The first kappa shape index (κ1) is 33.6. The maximum Gasteiger partial charge on any atom is 0.410 e. The van der Waals surface area contributed by atoms with Crippen LogP contribution in [0.25, 0.3) is 34.1 Å². The molecule has 2 N–H and O–H groups in total. The zero-order chi connectivity index (χ0) is 33.9. The van der Waals surface area contributed by atoms with Crippen LogP contribution in [0.15, 0.2) is 53.0 Å². The Bertz CT molecular complexity index is 1570. The quantitative estimate of drug-likeness (QED) is 0.281. The Kier molecular flexibility index (Phi) is 9.65. The van der Waals surface area contributed by atoms with Gasteiger partial charge in [0.25, 0.3) is 0 Å². The Hall–Kier alpha value is -4.80. The lowest BCUT2D eigenvalue weighted by Gasteiger charge is -2.29. The topological polar surface area (TPSA) is 122 Å². The van der Waals surface area contributed by atoms with Crippen molar-refractivity contribution in [1.29, 1.82) is 0 Å². The number of hydrogen-bond acceptors (Lipinski definition) is 9. The third kappa shape index (κ3) is 8.14. The van der Waals surface area contributed by atoms with Crippen LogP contribution in [0.1, 0.15) is 65.5 Å². The van der Waals surface area contributed by atoms with Gasteiger partial charge in [-0.3, -0.25) is 0 Å². The Morgan fingerprint density at radius 2 is 1.11 bits per heavy atom. The molecule has 11 nitrogen and oxygen atoms in total. The molecular formula is C36H46N6O5. The van der Waals surface area contributed by atoms with Crippen LogP contribution in [-0.4, -0.2) is 83.7 Å². The van der Waals surface area contributed by atoms with E-state index in [1.807, 2.05) is 79.9 Å². The molecule has 2 aliphatic rings. The van der Waals surface area contributed by atoms with Crippen LogP contribution < -0.4 is 10.6 Å². The molecule has 0 unspecified atom stereocenters. The van der Waals surface area contributed by atoms with Crippen molar-refractivity contribution in [2.75, 3.05) is 50.9 Å². The van der Waals surface area contributed by atoms with Crippen molar-refractivity contribution in [3.05, 3.63) is 59.7 Å². The van der Waals surface area contributed by atoms with Gasteiger partial charge in [0.2, 0.25) is 11.8 Å². The van der Waals surface area contributed by atoms with Gasteiger partial charge in [-0.25, -0.2) is 9.59 Å². The van der Waals surface area contributed by atoms with Gasteiger partial charge in [-0.2, -0.15) is 0 Å². The van der Waals surface area contributed by atoms with Crippen LogP contribution in [0.5, 0.6) is 0 Å².